The molecule has 0 radical (unpaired) electrons. The van der Waals surface area contributed by atoms with Crippen LogP contribution in [0.4, 0.5) is 0 Å². The third-order valence-electron chi connectivity index (χ3n) is 4.93. The lowest BCUT2D eigenvalue weighted by Crippen LogP contribution is -2.35. The second-order valence-corrected chi connectivity index (χ2v) is 8.90. The second-order valence-electron chi connectivity index (χ2n) is 7.82. The number of hydrogen-bond acceptors (Lipinski definition) is 6. The standard InChI is InChI=1S/C20H31N3O3S/c1-4-23(9-14(24)12-26-11-13(2)3)10-17-21-19(25)18-15-7-5-6-8-16(15)27-20(18)22-17/h13-14,24H,4-12H2,1-3H3,(H,21,22,25). The Kier molecular flexibility index (Phi) is 7.03. The molecule has 1 aliphatic rings. The fourth-order valence-electron chi connectivity index (χ4n) is 3.59. The van der Waals surface area contributed by atoms with Crippen LogP contribution in [0.15, 0.2) is 4.79 Å². The Morgan fingerprint density at radius 1 is 1.30 bits per heavy atom. The van der Waals surface area contributed by atoms with E-state index in [0.29, 0.717) is 38.0 Å². The average Bonchev–Trinajstić information content (AvgIpc) is 2.99. The van der Waals surface area contributed by atoms with Crippen LogP contribution >= 0.6 is 11.3 Å². The molecule has 27 heavy (non-hydrogen) atoms. The number of ether oxygens (including phenoxy) is 1. The number of aryl methyl sites for hydroxylation is 2. The summed E-state index contributed by atoms with van der Waals surface area (Å²) in [7, 11) is 0. The molecular formula is C20H31N3O3S. The van der Waals surface area contributed by atoms with Crippen LogP contribution in [0.25, 0.3) is 10.2 Å². The predicted molar refractivity (Wildman–Crippen MR) is 109 cm³/mol. The van der Waals surface area contributed by atoms with Crippen molar-refractivity contribution in [3.05, 3.63) is 26.6 Å². The lowest BCUT2D eigenvalue weighted by molar-refractivity contribution is 0.00738. The summed E-state index contributed by atoms with van der Waals surface area (Å²) < 4.78 is 5.53. The van der Waals surface area contributed by atoms with E-state index in [9.17, 15) is 9.90 Å². The molecule has 2 aromatic rings. The second kappa shape index (κ2) is 9.28. The highest BCUT2D eigenvalue weighted by Crippen LogP contribution is 2.33. The number of rotatable bonds is 9. The van der Waals surface area contributed by atoms with Crippen LogP contribution in [0.2, 0.25) is 0 Å². The molecule has 0 aromatic carbocycles. The maximum Gasteiger partial charge on any atom is 0.259 e. The number of fused-ring (bicyclic) bond motifs is 3. The molecular weight excluding hydrogens is 362 g/mol. The van der Waals surface area contributed by atoms with Crippen molar-refractivity contribution in [2.45, 2.75) is 59.1 Å². The van der Waals surface area contributed by atoms with Gasteiger partial charge in [0.25, 0.3) is 5.56 Å². The van der Waals surface area contributed by atoms with Gasteiger partial charge in [0.15, 0.2) is 0 Å². The maximum absolute atomic E-state index is 12.7. The first-order chi connectivity index (χ1) is 13.0. The topological polar surface area (TPSA) is 78.5 Å². The molecule has 2 aromatic heterocycles. The van der Waals surface area contributed by atoms with E-state index in [-0.39, 0.29) is 5.56 Å². The SMILES string of the molecule is CCN(Cc1nc2sc3c(c2c(=O)[nH]1)CCCC3)CC(O)COCC(C)C. The highest BCUT2D eigenvalue weighted by atomic mass is 32.1. The first kappa shape index (κ1) is 20.5. The zero-order chi connectivity index (χ0) is 19.4. The number of hydrogen-bond donors (Lipinski definition) is 2. The van der Waals surface area contributed by atoms with Gasteiger partial charge in [-0.2, -0.15) is 0 Å². The number of aromatic amines is 1. The largest absolute Gasteiger partial charge is 0.389 e. The van der Waals surface area contributed by atoms with Crippen molar-refractivity contribution in [1.82, 2.24) is 14.9 Å². The molecule has 0 spiro atoms. The van der Waals surface area contributed by atoms with E-state index in [1.54, 1.807) is 11.3 Å². The molecule has 6 nitrogen and oxygen atoms in total. The molecule has 1 unspecified atom stereocenters. The van der Waals surface area contributed by atoms with Gasteiger partial charge in [0.05, 0.1) is 24.6 Å². The van der Waals surface area contributed by atoms with E-state index < -0.39 is 6.10 Å². The third kappa shape index (κ3) is 5.16. The fourth-order valence-corrected chi connectivity index (χ4v) is 4.87. The average molecular weight is 394 g/mol. The summed E-state index contributed by atoms with van der Waals surface area (Å²) in [6.45, 7) is 8.98. The van der Waals surface area contributed by atoms with Crippen LogP contribution < -0.4 is 5.56 Å². The van der Waals surface area contributed by atoms with Crippen LogP contribution in [0, 0.1) is 5.92 Å². The molecule has 1 aliphatic carbocycles. The van der Waals surface area contributed by atoms with Crippen molar-refractivity contribution in [2.24, 2.45) is 5.92 Å². The monoisotopic (exact) mass is 393 g/mol. The van der Waals surface area contributed by atoms with Crippen molar-refractivity contribution < 1.29 is 9.84 Å². The van der Waals surface area contributed by atoms with Gasteiger partial charge in [-0.05, 0) is 43.7 Å². The molecule has 0 saturated heterocycles. The molecule has 0 saturated carbocycles. The van der Waals surface area contributed by atoms with Crippen LogP contribution in [0.5, 0.6) is 0 Å². The Bertz CT molecular complexity index is 815. The van der Waals surface area contributed by atoms with Crippen molar-refractivity contribution in [1.29, 1.82) is 0 Å². The Balaban J connectivity index is 1.68. The summed E-state index contributed by atoms with van der Waals surface area (Å²) in [6.07, 6.45) is 3.86. The van der Waals surface area contributed by atoms with Gasteiger partial charge in [-0.3, -0.25) is 9.69 Å². The van der Waals surface area contributed by atoms with Crippen molar-refractivity contribution >= 4 is 21.6 Å². The normalized spacial score (nSPS) is 15.6. The lowest BCUT2D eigenvalue weighted by atomic mass is 9.97. The number of likely N-dealkylation sites (N-methyl/N-ethyl adjacent to an activating group) is 1. The smallest absolute Gasteiger partial charge is 0.259 e. The van der Waals surface area contributed by atoms with E-state index in [1.165, 1.54) is 16.9 Å². The zero-order valence-electron chi connectivity index (χ0n) is 16.6. The van der Waals surface area contributed by atoms with E-state index >= 15 is 0 Å². The summed E-state index contributed by atoms with van der Waals surface area (Å²) in [5.41, 5.74) is 1.19. The molecule has 3 rings (SSSR count). The van der Waals surface area contributed by atoms with E-state index in [2.05, 4.69) is 23.7 Å². The summed E-state index contributed by atoms with van der Waals surface area (Å²) in [5.74, 6) is 1.13. The van der Waals surface area contributed by atoms with Gasteiger partial charge in [-0.15, -0.1) is 11.3 Å². The minimum Gasteiger partial charge on any atom is -0.389 e. The van der Waals surface area contributed by atoms with Gasteiger partial charge in [-0.25, -0.2) is 4.98 Å². The van der Waals surface area contributed by atoms with Gasteiger partial charge in [0.1, 0.15) is 10.7 Å². The molecule has 2 heterocycles. The van der Waals surface area contributed by atoms with Crippen molar-refractivity contribution in [3.63, 3.8) is 0 Å². The Morgan fingerprint density at radius 3 is 2.81 bits per heavy atom. The van der Waals surface area contributed by atoms with Gasteiger partial charge in [0.2, 0.25) is 0 Å². The first-order valence-corrected chi connectivity index (χ1v) is 10.8. The number of thiophene rings is 1. The van der Waals surface area contributed by atoms with Crippen molar-refractivity contribution in [3.8, 4) is 0 Å². The number of H-pyrrole nitrogens is 1. The molecule has 0 aliphatic heterocycles. The van der Waals surface area contributed by atoms with Crippen LogP contribution in [0.1, 0.15) is 49.9 Å². The molecule has 150 valence electrons. The summed E-state index contributed by atoms with van der Waals surface area (Å²) >= 11 is 1.67. The van der Waals surface area contributed by atoms with Gasteiger partial charge < -0.3 is 14.8 Å². The fraction of sp³-hybridized carbons (Fsp3) is 0.700. The first-order valence-electron chi connectivity index (χ1n) is 9.99. The highest BCUT2D eigenvalue weighted by Gasteiger charge is 2.20. The molecule has 1 atom stereocenters. The number of aromatic nitrogens is 2. The number of nitrogens with one attached hydrogen (secondary N) is 1. The number of aliphatic hydroxyl groups is 1. The third-order valence-corrected chi connectivity index (χ3v) is 6.11. The van der Waals surface area contributed by atoms with Crippen molar-refractivity contribution in [2.75, 3.05) is 26.3 Å². The van der Waals surface area contributed by atoms with Crippen LogP contribution in [-0.2, 0) is 24.1 Å². The maximum atomic E-state index is 12.7. The molecule has 0 amide bonds. The Labute approximate surface area is 164 Å². The summed E-state index contributed by atoms with van der Waals surface area (Å²) in [6, 6.07) is 0. The van der Waals surface area contributed by atoms with E-state index in [0.717, 1.165) is 36.0 Å². The highest BCUT2D eigenvalue weighted by molar-refractivity contribution is 7.18. The molecule has 0 fully saturated rings. The molecule has 2 N–H and O–H groups in total. The Hall–Kier alpha value is -1.28. The van der Waals surface area contributed by atoms with Gasteiger partial charge >= 0.3 is 0 Å². The van der Waals surface area contributed by atoms with Gasteiger partial charge in [0, 0.05) is 18.0 Å². The van der Waals surface area contributed by atoms with Crippen LogP contribution in [-0.4, -0.2) is 52.4 Å². The zero-order valence-corrected chi connectivity index (χ0v) is 17.4. The van der Waals surface area contributed by atoms with Gasteiger partial charge in [-0.1, -0.05) is 20.8 Å². The Morgan fingerprint density at radius 2 is 2.07 bits per heavy atom. The quantitative estimate of drug-likeness (QED) is 0.685. The number of aliphatic hydroxyl groups excluding tert-OH is 1. The minimum absolute atomic E-state index is 0.0220. The van der Waals surface area contributed by atoms with E-state index in [1.807, 2.05) is 6.92 Å². The minimum atomic E-state index is -0.548. The number of nitrogens with zero attached hydrogens (tertiary/aromatic N) is 2. The summed E-state index contributed by atoms with van der Waals surface area (Å²) in [4.78, 5) is 24.6. The summed E-state index contributed by atoms with van der Waals surface area (Å²) in [5, 5.41) is 11.0. The molecule has 0 bridgehead atoms. The lowest BCUT2D eigenvalue weighted by Gasteiger charge is -2.23. The predicted octanol–water partition coefficient (Wildman–Crippen LogP) is 2.72. The van der Waals surface area contributed by atoms with Crippen LogP contribution in [0.3, 0.4) is 0 Å². The molecule has 7 heteroatoms. The van der Waals surface area contributed by atoms with E-state index in [4.69, 9.17) is 9.72 Å².